The van der Waals surface area contributed by atoms with Crippen LogP contribution < -0.4 is 11.2 Å². The summed E-state index contributed by atoms with van der Waals surface area (Å²) < 4.78 is 33.1. The summed E-state index contributed by atoms with van der Waals surface area (Å²) in [6, 6.07) is 1.49. The molecule has 0 aliphatic carbocycles. The van der Waals surface area contributed by atoms with Gasteiger partial charge in [0, 0.05) is 25.4 Å². The van der Waals surface area contributed by atoms with Crippen molar-refractivity contribution in [2.75, 3.05) is 20.8 Å². The van der Waals surface area contributed by atoms with Crippen LogP contribution in [-0.2, 0) is 33.3 Å². The second-order valence-electron chi connectivity index (χ2n) is 14.5. The molecule has 0 bridgehead atoms. The van der Waals surface area contributed by atoms with Crippen molar-refractivity contribution >= 4 is 30.9 Å². The third-order valence-electron chi connectivity index (χ3n) is 9.11. The molecule has 13 heteroatoms. The Labute approximate surface area is 242 Å². The van der Waals surface area contributed by atoms with E-state index in [4.69, 9.17) is 22.8 Å². The third-order valence-corrected chi connectivity index (χ3v) is 20.5. The third kappa shape index (κ3) is 7.16. The van der Waals surface area contributed by atoms with Crippen LogP contribution in [0.3, 0.4) is 0 Å². The lowest BCUT2D eigenvalue weighted by atomic mass is 9.91. The Morgan fingerprint density at radius 2 is 1.55 bits per heavy atom. The Hall–Kier alpha value is -1.36. The molecule has 4 atom stereocenters. The summed E-state index contributed by atoms with van der Waals surface area (Å²) in [7, 11) is -4.29. The molecule has 1 N–H and O–H groups in total. The molecule has 0 aromatic carbocycles. The van der Waals surface area contributed by atoms with Crippen molar-refractivity contribution in [3.63, 3.8) is 0 Å². The summed E-state index contributed by atoms with van der Waals surface area (Å²) in [5.74, 6) is -1.58. The summed E-state index contributed by atoms with van der Waals surface area (Å²) in [4.78, 5) is 41.6. The maximum absolute atomic E-state index is 13.8. The molecule has 1 fully saturated rings. The van der Waals surface area contributed by atoms with Crippen LogP contribution in [0.1, 0.15) is 41.5 Å². The van der Waals surface area contributed by atoms with E-state index in [0.29, 0.717) is 0 Å². The van der Waals surface area contributed by atoms with Crippen molar-refractivity contribution in [2.24, 2.45) is 5.92 Å². The topological polar surface area (TPSA) is 118 Å². The van der Waals surface area contributed by atoms with Gasteiger partial charge in [-0.3, -0.25) is 19.1 Å². The number of H-pyrrole nitrogens is 1. The molecule has 1 aromatic rings. The van der Waals surface area contributed by atoms with Crippen LogP contribution in [0.25, 0.3) is 0 Å². The Morgan fingerprint density at radius 3 is 2.00 bits per heavy atom. The maximum atomic E-state index is 13.8. The number of carbonyl (C=O) groups is 1. The standard InChI is InChI=1S/C27H52N2O8Si3/c1-25(2,3)39(11,12)35-17-19-22(37-40(13,14)26(4,5)6)21(23(31)33-7)27(36-19,18-38(9,10)34-8)29-16-15-20(30)28-24(29)32/h15-16,19,21-22H,17-18H2,1-14H3,(H,28,30,32)/t19-,21-,22-,27-/m1/s1. The van der Waals surface area contributed by atoms with Gasteiger partial charge in [-0.25, -0.2) is 4.79 Å². The highest BCUT2D eigenvalue weighted by molar-refractivity contribution is 6.74. The Balaban J connectivity index is 2.87. The number of ether oxygens (including phenoxy) is 2. The first kappa shape index (κ1) is 34.8. The quantitative estimate of drug-likeness (QED) is 0.298. The number of nitrogens with one attached hydrogen (secondary N) is 1. The summed E-state index contributed by atoms with van der Waals surface area (Å²) in [5.41, 5.74) is -2.76. The SMILES string of the molecule is COC(=O)[C@H]1[C@H](O[Si](C)(C)C(C)(C)C)[C@@H](CO[Si](C)(C)C(C)(C)C)O[C@@]1(C[Si](C)(C)OC)n1ccc(=O)[nH]c1=O. The van der Waals surface area contributed by atoms with Gasteiger partial charge in [-0.2, -0.15) is 0 Å². The van der Waals surface area contributed by atoms with E-state index in [-0.39, 0.29) is 22.7 Å². The number of aromatic nitrogens is 2. The van der Waals surface area contributed by atoms with Gasteiger partial charge in [-0.1, -0.05) is 41.5 Å². The molecule has 0 saturated carbocycles. The van der Waals surface area contributed by atoms with Gasteiger partial charge in [0.15, 0.2) is 30.7 Å². The predicted octanol–water partition coefficient (Wildman–Crippen LogP) is 4.64. The summed E-state index contributed by atoms with van der Waals surface area (Å²) >= 11 is 0. The highest BCUT2D eigenvalue weighted by atomic mass is 28.4. The van der Waals surface area contributed by atoms with Gasteiger partial charge >= 0.3 is 11.7 Å². The number of hydrogen-bond donors (Lipinski definition) is 1. The second-order valence-corrected chi connectivity index (χ2v) is 28.4. The molecule has 1 aliphatic rings. The van der Waals surface area contributed by atoms with E-state index in [1.807, 2.05) is 13.1 Å². The van der Waals surface area contributed by atoms with Gasteiger partial charge in [-0.05, 0) is 49.4 Å². The highest BCUT2D eigenvalue weighted by Crippen LogP contribution is 2.50. The Kier molecular flexibility index (Phi) is 10.2. The van der Waals surface area contributed by atoms with Gasteiger partial charge in [0.05, 0.1) is 19.8 Å². The van der Waals surface area contributed by atoms with Crippen LogP contribution in [-0.4, -0.2) is 73.5 Å². The molecule has 1 saturated heterocycles. The minimum atomic E-state index is -2.54. The predicted molar refractivity (Wildman–Crippen MR) is 164 cm³/mol. The van der Waals surface area contributed by atoms with Crippen molar-refractivity contribution in [2.45, 2.75) is 115 Å². The summed E-state index contributed by atoms with van der Waals surface area (Å²) in [6.45, 7) is 25.6. The maximum Gasteiger partial charge on any atom is 0.330 e. The molecule has 40 heavy (non-hydrogen) atoms. The fraction of sp³-hybridized carbons (Fsp3) is 0.815. The van der Waals surface area contributed by atoms with Crippen molar-refractivity contribution < 1.29 is 27.5 Å². The van der Waals surface area contributed by atoms with Gasteiger partial charge in [0.25, 0.3) is 5.56 Å². The number of nitrogens with zero attached hydrogens (tertiary/aromatic N) is 1. The van der Waals surface area contributed by atoms with E-state index in [9.17, 15) is 14.4 Å². The first-order chi connectivity index (χ1) is 17.9. The smallest absolute Gasteiger partial charge is 0.330 e. The molecule has 1 aliphatic heterocycles. The van der Waals surface area contributed by atoms with Crippen LogP contribution in [0.2, 0.25) is 55.4 Å². The van der Waals surface area contributed by atoms with Crippen LogP contribution in [0.15, 0.2) is 21.9 Å². The minimum absolute atomic E-state index is 0.0545. The summed E-state index contributed by atoms with van der Waals surface area (Å²) in [5, 5.41) is -0.222. The van der Waals surface area contributed by atoms with E-state index >= 15 is 0 Å². The van der Waals surface area contributed by atoms with Crippen molar-refractivity contribution in [1.29, 1.82) is 0 Å². The zero-order valence-electron chi connectivity index (χ0n) is 27.0. The van der Waals surface area contributed by atoms with E-state index in [0.717, 1.165) is 0 Å². The molecular weight excluding hydrogens is 565 g/mol. The van der Waals surface area contributed by atoms with Gasteiger partial charge in [-0.15, -0.1) is 0 Å². The minimum Gasteiger partial charge on any atom is -0.469 e. The van der Waals surface area contributed by atoms with E-state index in [2.05, 4.69) is 72.7 Å². The van der Waals surface area contributed by atoms with Crippen molar-refractivity contribution in [3.05, 3.63) is 33.1 Å². The largest absolute Gasteiger partial charge is 0.469 e. The molecule has 0 radical (unpaired) electrons. The number of aromatic amines is 1. The van der Waals surface area contributed by atoms with Gasteiger partial charge in [0.1, 0.15) is 12.0 Å². The lowest BCUT2D eigenvalue weighted by molar-refractivity contribution is -0.163. The van der Waals surface area contributed by atoms with E-state index in [1.165, 1.54) is 23.9 Å². The lowest BCUT2D eigenvalue weighted by Gasteiger charge is -2.42. The average molecular weight is 617 g/mol. The van der Waals surface area contributed by atoms with Crippen LogP contribution >= 0.6 is 0 Å². The fourth-order valence-electron chi connectivity index (χ4n) is 4.46. The molecule has 0 amide bonds. The molecule has 10 nitrogen and oxygen atoms in total. The average Bonchev–Trinajstić information content (AvgIpc) is 3.07. The number of rotatable bonds is 10. The monoisotopic (exact) mass is 616 g/mol. The molecule has 2 heterocycles. The first-order valence-electron chi connectivity index (χ1n) is 13.9. The Morgan fingerprint density at radius 1 is 1.00 bits per heavy atom. The summed E-state index contributed by atoms with van der Waals surface area (Å²) in [6.07, 6.45) is -0.0658. The van der Waals surface area contributed by atoms with Crippen molar-refractivity contribution in [1.82, 2.24) is 9.55 Å². The first-order valence-corrected chi connectivity index (χ1v) is 22.8. The normalized spacial score (nSPS) is 24.8. The second kappa shape index (κ2) is 11.7. The zero-order chi connectivity index (χ0) is 31.1. The molecular formula is C27H52N2O8Si3. The lowest BCUT2D eigenvalue weighted by Crippen LogP contribution is -2.56. The van der Waals surface area contributed by atoms with E-state index in [1.54, 1.807) is 7.11 Å². The Bertz CT molecular complexity index is 1170. The van der Waals surface area contributed by atoms with Crippen LogP contribution in [0, 0.1) is 5.92 Å². The van der Waals surface area contributed by atoms with Crippen molar-refractivity contribution in [3.8, 4) is 0 Å². The molecule has 1 aromatic heterocycles. The molecule has 0 spiro atoms. The van der Waals surface area contributed by atoms with Gasteiger partial charge in [0.2, 0.25) is 0 Å². The van der Waals surface area contributed by atoms with Gasteiger partial charge < -0.3 is 22.8 Å². The number of methoxy groups -OCH3 is 1. The van der Waals surface area contributed by atoms with Crippen LogP contribution in [0.4, 0.5) is 0 Å². The molecule has 230 valence electrons. The number of esters is 1. The number of hydrogen-bond acceptors (Lipinski definition) is 8. The zero-order valence-corrected chi connectivity index (χ0v) is 30.0. The molecule has 0 unspecified atom stereocenters. The van der Waals surface area contributed by atoms with E-state index < -0.39 is 66.0 Å². The fourth-order valence-corrected chi connectivity index (χ4v) is 8.63. The number of carbonyl (C=O) groups excluding carboxylic acids is 1. The molecule has 2 rings (SSSR count). The highest BCUT2D eigenvalue weighted by Gasteiger charge is 2.64. The van der Waals surface area contributed by atoms with Crippen LogP contribution in [0.5, 0.6) is 0 Å².